The third kappa shape index (κ3) is 5.10. The second-order valence-corrected chi connectivity index (χ2v) is 7.54. The number of ether oxygens (including phenoxy) is 1. The molecular formula is C18H25N7O6S. The first-order chi connectivity index (χ1) is 15.2. The number of aromatic nitrogens is 4. The third-order valence-electron chi connectivity index (χ3n) is 4.83. The second kappa shape index (κ2) is 10.4. The lowest BCUT2D eigenvalue weighted by molar-refractivity contribution is -0.124. The molecule has 0 aromatic carbocycles. The summed E-state index contributed by atoms with van der Waals surface area (Å²) in [4.78, 5) is 24.3. The molecular weight excluding hydrogens is 442 g/mol. The van der Waals surface area contributed by atoms with Crippen LogP contribution in [0.25, 0.3) is 11.2 Å². The van der Waals surface area contributed by atoms with Crippen molar-refractivity contribution in [2.75, 3.05) is 25.0 Å². The molecule has 13 nitrogen and oxygen atoms in total. The van der Waals surface area contributed by atoms with Crippen LogP contribution >= 0.6 is 12.6 Å². The van der Waals surface area contributed by atoms with Crippen molar-refractivity contribution in [1.29, 1.82) is 0 Å². The number of rotatable bonds is 7. The summed E-state index contributed by atoms with van der Waals surface area (Å²) in [6.07, 6.45) is -4.07. The monoisotopic (exact) mass is 467 g/mol. The average molecular weight is 468 g/mol. The number of fused-ring (bicyclic) bond motifs is 1. The third-order valence-corrected chi connectivity index (χ3v) is 5.14. The van der Waals surface area contributed by atoms with E-state index in [1.165, 1.54) is 17.8 Å². The number of nitrogens with one attached hydrogen (secondary N) is 2. The van der Waals surface area contributed by atoms with Crippen LogP contribution in [0.5, 0.6) is 0 Å². The molecule has 2 aromatic heterocycles. The molecule has 174 valence electrons. The van der Waals surface area contributed by atoms with Gasteiger partial charge in [-0.3, -0.25) is 9.36 Å². The Kier molecular flexibility index (Phi) is 7.85. The number of hydrogen-bond acceptors (Lipinski definition) is 12. The molecule has 4 unspecified atom stereocenters. The van der Waals surface area contributed by atoms with E-state index in [1.54, 1.807) is 0 Å². The zero-order valence-electron chi connectivity index (χ0n) is 17.1. The number of imidazole rings is 1. The van der Waals surface area contributed by atoms with Gasteiger partial charge in [0.25, 0.3) is 0 Å². The molecule has 3 heterocycles. The van der Waals surface area contributed by atoms with Crippen LogP contribution in [-0.4, -0.2) is 96.0 Å². The van der Waals surface area contributed by atoms with Crippen LogP contribution in [0.2, 0.25) is 0 Å². The van der Waals surface area contributed by atoms with Gasteiger partial charge in [-0.1, -0.05) is 11.8 Å². The van der Waals surface area contributed by atoms with Crippen LogP contribution in [0.1, 0.15) is 13.2 Å². The van der Waals surface area contributed by atoms with Gasteiger partial charge < -0.3 is 41.5 Å². The van der Waals surface area contributed by atoms with Crippen molar-refractivity contribution >= 4 is 35.6 Å². The van der Waals surface area contributed by atoms with Crippen LogP contribution in [-0.2, 0) is 9.53 Å². The Hall–Kier alpha value is -2.51. The molecule has 0 bridgehead atoms. The quantitative estimate of drug-likeness (QED) is 0.117. The van der Waals surface area contributed by atoms with Crippen molar-refractivity contribution in [2.24, 2.45) is 5.73 Å². The minimum Gasteiger partial charge on any atom is -0.394 e. The lowest BCUT2D eigenvalue weighted by Gasteiger charge is -2.16. The lowest BCUT2D eigenvalue weighted by Crippen LogP contribution is -2.47. The summed E-state index contributed by atoms with van der Waals surface area (Å²) in [6, 6.07) is -1.02. The van der Waals surface area contributed by atoms with Crippen molar-refractivity contribution in [2.45, 2.75) is 48.6 Å². The van der Waals surface area contributed by atoms with E-state index >= 15 is 0 Å². The molecule has 2 aromatic rings. The van der Waals surface area contributed by atoms with E-state index in [4.69, 9.17) is 10.5 Å². The summed E-state index contributed by atoms with van der Waals surface area (Å²) in [7, 11) is 0. The van der Waals surface area contributed by atoms with Gasteiger partial charge in [0.2, 0.25) is 11.9 Å². The Morgan fingerprint density at radius 2 is 2.06 bits per heavy atom. The Morgan fingerprint density at radius 1 is 1.34 bits per heavy atom. The molecule has 1 fully saturated rings. The Morgan fingerprint density at radius 3 is 2.72 bits per heavy atom. The highest BCUT2D eigenvalue weighted by Gasteiger charge is 2.44. The van der Waals surface area contributed by atoms with Crippen molar-refractivity contribution in [3.8, 4) is 11.8 Å². The lowest BCUT2D eigenvalue weighted by atomic mass is 10.1. The zero-order chi connectivity index (χ0) is 23.4. The van der Waals surface area contributed by atoms with Gasteiger partial charge in [0.05, 0.1) is 32.1 Å². The molecule has 14 heteroatoms. The van der Waals surface area contributed by atoms with Crippen LogP contribution in [0.4, 0.5) is 5.95 Å². The fourth-order valence-electron chi connectivity index (χ4n) is 2.99. The summed E-state index contributed by atoms with van der Waals surface area (Å²) in [5.74, 6) is 5.19. The first-order valence-electron chi connectivity index (χ1n) is 9.71. The maximum absolute atomic E-state index is 11.6. The summed E-state index contributed by atoms with van der Waals surface area (Å²) in [6.45, 7) is 1.17. The molecule has 0 spiro atoms. The molecule has 32 heavy (non-hydrogen) atoms. The minimum atomic E-state index is -1.29. The Balaban J connectivity index is 1.66. The highest BCUT2D eigenvalue weighted by Crippen LogP contribution is 2.32. The summed E-state index contributed by atoms with van der Waals surface area (Å²) in [5.41, 5.74) is 6.17. The average Bonchev–Trinajstić information content (AvgIpc) is 3.31. The van der Waals surface area contributed by atoms with Gasteiger partial charge in [-0.2, -0.15) is 4.98 Å². The molecule has 8 N–H and O–H groups in total. The number of aliphatic hydroxyl groups excluding tert-OH is 4. The van der Waals surface area contributed by atoms with Crippen LogP contribution in [0.15, 0.2) is 11.4 Å². The highest BCUT2D eigenvalue weighted by molar-refractivity contribution is 7.80. The van der Waals surface area contributed by atoms with Crippen LogP contribution in [0.3, 0.4) is 0 Å². The van der Waals surface area contributed by atoms with E-state index in [-0.39, 0.29) is 24.1 Å². The van der Waals surface area contributed by atoms with Crippen LogP contribution < -0.4 is 16.4 Å². The maximum Gasteiger partial charge on any atom is 0.240 e. The number of aliphatic hydroxyl groups is 4. The summed E-state index contributed by atoms with van der Waals surface area (Å²) < 4.78 is 6.96. The predicted molar refractivity (Wildman–Crippen MR) is 115 cm³/mol. The number of thiol groups is 1. The van der Waals surface area contributed by atoms with E-state index in [0.29, 0.717) is 11.2 Å². The van der Waals surface area contributed by atoms with Gasteiger partial charge in [0.1, 0.15) is 34.9 Å². The number of anilines is 1. The van der Waals surface area contributed by atoms with Gasteiger partial charge in [0.15, 0.2) is 11.9 Å². The highest BCUT2D eigenvalue weighted by atomic mass is 32.1. The summed E-state index contributed by atoms with van der Waals surface area (Å²) in [5, 5.41) is 44.5. The molecule has 1 amide bonds. The van der Waals surface area contributed by atoms with Crippen molar-refractivity contribution in [3.05, 3.63) is 6.33 Å². The van der Waals surface area contributed by atoms with Gasteiger partial charge in [-0.05, 0) is 6.92 Å². The number of hydrogen-bond donors (Lipinski definition) is 8. The minimum absolute atomic E-state index is 0.0523. The van der Waals surface area contributed by atoms with Gasteiger partial charge in [-0.15, -0.1) is 12.6 Å². The summed E-state index contributed by atoms with van der Waals surface area (Å²) >= 11 is 4.31. The van der Waals surface area contributed by atoms with E-state index in [1.807, 2.05) is 0 Å². The van der Waals surface area contributed by atoms with Gasteiger partial charge in [0, 0.05) is 0 Å². The smallest absolute Gasteiger partial charge is 0.240 e. The number of nitrogens with zero attached hydrogens (tertiary/aromatic N) is 4. The largest absolute Gasteiger partial charge is 0.394 e. The Bertz CT molecular complexity index is 1020. The van der Waals surface area contributed by atoms with E-state index in [0.717, 1.165) is 0 Å². The topological polar surface area (TPSA) is 201 Å². The van der Waals surface area contributed by atoms with Gasteiger partial charge in [-0.25, -0.2) is 9.97 Å². The number of amides is 1. The number of nitrogens with two attached hydrogens (primary N) is 1. The molecule has 1 aliphatic rings. The van der Waals surface area contributed by atoms with E-state index < -0.39 is 49.2 Å². The first kappa shape index (κ1) is 24.1. The van der Waals surface area contributed by atoms with Crippen molar-refractivity contribution in [3.63, 3.8) is 0 Å². The predicted octanol–water partition coefficient (Wildman–Crippen LogP) is -3.03. The van der Waals surface area contributed by atoms with E-state index in [2.05, 4.69) is 50.1 Å². The molecule has 1 saturated heterocycles. The van der Waals surface area contributed by atoms with Crippen LogP contribution in [0, 0.1) is 11.8 Å². The fourth-order valence-corrected chi connectivity index (χ4v) is 3.25. The normalized spacial score (nSPS) is 24.6. The molecule has 0 saturated carbocycles. The molecule has 3 rings (SSSR count). The fraction of sp³-hybridized carbons (Fsp3) is 0.556. The number of carbonyl (C=O) groups is 1. The Labute approximate surface area is 188 Å². The van der Waals surface area contributed by atoms with Crippen molar-refractivity contribution < 1.29 is 30.0 Å². The SMILES string of the molecule is CC(O)C(N)C(=O)NCC#CCNc1nc(S)c2ncn(C3O[C@H](CO)[C@H](O)C3O)c2n1. The second-order valence-electron chi connectivity index (χ2n) is 7.12. The molecule has 0 radical (unpaired) electrons. The first-order valence-corrected chi connectivity index (χ1v) is 10.2. The zero-order valence-corrected chi connectivity index (χ0v) is 18.0. The molecule has 6 atom stereocenters. The number of carbonyl (C=O) groups excluding carboxylic acids is 1. The standard InChI is InChI=1S/C18H25N7O6S/c1-8(27)10(19)15(30)20-4-2-3-5-21-18-23-14-11(16(32)24-18)22-7-25(14)17-13(29)12(28)9(6-26)31-17/h7-10,12-13,17,26-29H,4-6,19H2,1H3,(H,20,30)(H2,21,23,24,32)/t8?,9-,10?,12+,13?,17?/m1/s1. The van der Waals surface area contributed by atoms with Crippen molar-refractivity contribution in [1.82, 2.24) is 24.8 Å². The molecule has 0 aliphatic carbocycles. The van der Waals surface area contributed by atoms with E-state index in [9.17, 15) is 25.2 Å². The molecule has 1 aliphatic heterocycles. The maximum atomic E-state index is 11.6. The van der Waals surface area contributed by atoms with Gasteiger partial charge >= 0.3 is 0 Å².